The van der Waals surface area contributed by atoms with Crippen LogP contribution in [-0.2, 0) is 42.9 Å². The number of ketones is 1. The van der Waals surface area contributed by atoms with Gasteiger partial charge in [-0.15, -0.1) is 0 Å². The molecule has 0 aromatic heterocycles. The molecule has 9 aliphatic carbocycles. The zero-order chi connectivity index (χ0) is 34.1. The van der Waals surface area contributed by atoms with Gasteiger partial charge in [0.05, 0.1) is 30.8 Å². The Hall–Kier alpha value is -3.23. The quantitative estimate of drug-likeness (QED) is 0.197. The molecule has 6 saturated carbocycles. The number of allylic oxidation sites excluding steroid dienone is 6. The second kappa shape index (κ2) is 13.1. The molecule has 16 atom stereocenters. The van der Waals surface area contributed by atoms with Gasteiger partial charge in [0, 0.05) is 24.2 Å². The van der Waals surface area contributed by atoms with Gasteiger partial charge in [0.25, 0.3) is 0 Å². The van der Waals surface area contributed by atoms with Crippen LogP contribution in [0.2, 0.25) is 0 Å². The molecule has 8 fully saturated rings. The number of rotatable bonds is 6. The molecule has 2 aliphatic heterocycles. The second-order valence-electron chi connectivity index (χ2n) is 17.4. The Kier molecular flexibility index (Phi) is 8.54. The molecule has 0 radical (unpaired) electrons. The van der Waals surface area contributed by atoms with E-state index in [2.05, 4.69) is 36.5 Å². The smallest absolute Gasteiger partial charge is 0.310 e. The number of hydrogen-bond donors (Lipinski definition) is 0. The maximum Gasteiger partial charge on any atom is 0.310 e. The Bertz CT molecular complexity index is 1510. The van der Waals surface area contributed by atoms with E-state index in [1.807, 2.05) is 0 Å². The monoisotopic (exact) mass is 686 g/mol. The van der Waals surface area contributed by atoms with Crippen LogP contribution >= 0.6 is 0 Å². The van der Waals surface area contributed by atoms with Gasteiger partial charge in [-0.2, -0.15) is 0 Å². The summed E-state index contributed by atoms with van der Waals surface area (Å²) in [6.45, 7) is 0.677. The molecule has 0 amide bonds. The largest absolute Gasteiger partial charge is 0.465 e. The number of fused-ring (bicyclic) bond motifs is 7. The number of ether oxygens (including phenoxy) is 4. The minimum atomic E-state index is -0.435. The average Bonchev–Trinajstić information content (AvgIpc) is 3.96. The van der Waals surface area contributed by atoms with Crippen LogP contribution in [0.5, 0.6) is 0 Å². The molecule has 11 aliphatic rings. The molecule has 11 rings (SSSR count). The third-order valence-corrected chi connectivity index (χ3v) is 14.3. The van der Waals surface area contributed by atoms with Crippen molar-refractivity contribution in [2.24, 2.45) is 76.9 Å². The van der Waals surface area contributed by atoms with E-state index < -0.39 is 6.10 Å². The summed E-state index contributed by atoms with van der Waals surface area (Å²) in [5, 5.41) is 0. The molecule has 16 unspecified atom stereocenters. The van der Waals surface area contributed by atoms with Gasteiger partial charge < -0.3 is 18.9 Å². The van der Waals surface area contributed by atoms with Crippen molar-refractivity contribution in [1.29, 1.82) is 0 Å². The summed E-state index contributed by atoms with van der Waals surface area (Å²) in [4.78, 5) is 58.4. The molecule has 0 N–H and O–H groups in total. The van der Waals surface area contributed by atoms with Gasteiger partial charge in [0.1, 0.15) is 12.2 Å². The molecular weight excluding hydrogens is 636 g/mol. The Morgan fingerprint density at radius 2 is 1.40 bits per heavy atom. The highest BCUT2D eigenvalue weighted by Gasteiger charge is 2.63. The van der Waals surface area contributed by atoms with Gasteiger partial charge in [-0.1, -0.05) is 36.5 Å². The highest BCUT2D eigenvalue weighted by molar-refractivity contribution is 5.87. The summed E-state index contributed by atoms with van der Waals surface area (Å²) < 4.78 is 21.6. The van der Waals surface area contributed by atoms with Crippen LogP contribution in [0.25, 0.3) is 0 Å². The standard InChI is InChI=1S/C16H18O4.C13H16O3.C12H16O2/c17-15(10-4-7-1-2-8(10)3-7)19-13-9-5-11-12(6-9)16(18)20-14(11)13;14-11-2-1-3-12(11)16-13(15)10-7-8-4-5-9(10)6-8;13-12-6-9(7-14-12)5-11-4-8-1-2-10(11)3-8/h1-2,7-14H,3-6H2;4-5,8-10,12H,1-3,6-7H2;1-2,8-11H,3-7H2. The highest BCUT2D eigenvalue weighted by Crippen LogP contribution is 2.56. The van der Waals surface area contributed by atoms with Crippen molar-refractivity contribution in [2.75, 3.05) is 6.61 Å². The van der Waals surface area contributed by atoms with E-state index in [4.69, 9.17) is 18.9 Å². The van der Waals surface area contributed by atoms with Gasteiger partial charge >= 0.3 is 23.9 Å². The molecule has 0 aromatic rings. The first-order chi connectivity index (χ1) is 24.3. The van der Waals surface area contributed by atoms with Gasteiger partial charge in [0.2, 0.25) is 0 Å². The minimum Gasteiger partial charge on any atom is -0.465 e. The topological polar surface area (TPSA) is 122 Å². The van der Waals surface area contributed by atoms with Crippen molar-refractivity contribution in [3.63, 3.8) is 0 Å². The molecule has 9 nitrogen and oxygen atoms in total. The first-order valence-electron chi connectivity index (χ1n) is 19.6. The van der Waals surface area contributed by atoms with Crippen molar-refractivity contribution in [2.45, 2.75) is 102 Å². The molecule has 2 heterocycles. The summed E-state index contributed by atoms with van der Waals surface area (Å²) in [7, 11) is 0. The van der Waals surface area contributed by atoms with Gasteiger partial charge in [0.15, 0.2) is 11.9 Å². The summed E-state index contributed by atoms with van der Waals surface area (Å²) in [6, 6.07) is 0. The number of hydrogen-bond acceptors (Lipinski definition) is 9. The van der Waals surface area contributed by atoms with E-state index in [1.54, 1.807) is 0 Å². The fourth-order valence-corrected chi connectivity index (χ4v) is 11.8. The SMILES string of the molecule is O=C(OC1C2CC3C(=O)OC1C3C2)C1CC2C=CC1C2.O=C1CC(CC2CC3C=CC2C3)CO1.O=C1CCCC1OC(=O)C1CC2C=CC1C2. The first-order valence-corrected chi connectivity index (χ1v) is 19.6. The van der Waals surface area contributed by atoms with Crippen LogP contribution in [0.15, 0.2) is 36.5 Å². The zero-order valence-electron chi connectivity index (χ0n) is 28.8. The second-order valence-corrected chi connectivity index (χ2v) is 17.4. The molecule has 0 aromatic carbocycles. The van der Waals surface area contributed by atoms with Crippen molar-refractivity contribution in [3.8, 4) is 0 Å². The van der Waals surface area contributed by atoms with Crippen LogP contribution < -0.4 is 0 Å². The van der Waals surface area contributed by atoms with E-state index >= 15 is 0 Å². The lowest BCUT2D eigenvalue weighted by atomic mass is 9.85. The molecular formula is C41H50O9. The molecule has 50 heavy (non-hydrogen) atoms. The molecule has 8 bridgehead atoms. The lowest BCUT2D eigenvalue weighted by molar-refractivity contribution is -0.166. The third-order valence-electron chi connectivity index (χ3n) is 14.3. The summed E-state index contributed by atoms with van der Waals surface area (Å²) in [6.07, 6.45) is 25.4. The normalized spacial score (nSPS) is 47.0. The Morgan fingerprint density at radius 1 is 0.740 bits per heavy atom. The Balaban J connectivity index is 0.000000103. The van der Waals surface area contributed by atoms with Crippen molar-refractivity contribution in [3.05, 3.63) is 36.5 Å². The van der Waals surface area contributed by atoms with Crippen molar-refractivity contribution >= 4 is 29.7 Å². The predicted molar refractivity (Wildman–Crippen MR) is 178 cm³/mol. The third kappa shape index (κ3) is 6.08. The van der Waals surface area contributed by atoms with Crippen LogP contribution in [0.4, 0.5) is 0 Å². The Labute approximate surface area is 293 Å². The van der Waals surface area contributed by atoms with E-state index in [0.29, 0.717) is 60.9 Å². The summed E-state index contributed by atoms with van der Waals surface area (Å²) in [5.41, 5.74) is 0. The van der Waals surface area contributed by atoms with Gasteiger partial charge in [-0.05, 0) is 112 Å². The lowest BCUT2D eigenvalue weighted by Gasteiger charge is -2.27. The lowest BCUT2D eigenvalue weighted by Crippen LogP contribution is -2.38. The minimum absolute atomic E-state index is 0.00805. The van der Waals surface area contributed by atoms with Gasteiger partial charge in [-0.25, -0.2) is 0 Å². The molecule has 0 spiro atoms. The zero-order valence-corrected chi connectivity index (χ0v) is 28.8. The summed E-state index contributed by atoms with van der Waals surface area (Å²) >= 11 is 0. The van der Waals surface area contributed by atoms with E-state index in [-0.39, 0.29) is 59.6 Å². The highest BCUT2D eigenvalue weighted by atomic mass is 16.6. The summed E-state index contributed by atoms with van der Waals surface area (Å²) in [5.74, 6) is 5.56. The maximum absolute atomic E-state index is 12.4. The maximum atomic E-state index is 12.4. The van der Waals surface area contributed by atoms with E-state index in [1.165, 1.54) is 19.3 Å². The van der Waals surface area contributed by atoms with Crippen LogP contribution in [0.1, 0.15) is 83.5 Å². The number of Topliss-reactive ketones (excluding diaryl/α,β-unsaturated/α-hetero) is 1. The number of carbonyl (C=O) groups is 5. The number of cyclic esters (lactones) is 1. The molecule has 2 saturated heterocycles. The van der Waals surface area contributed by atoms with Gasteiger partial charge in [-0.3, -0.25) is 24.0 Å². The number of carbonyl (C=O) groups excluding carboxylic acids is 5. The average molecular weight is 687 g/mol. The fraction of sp³-hybridized carbons (Fsp3) is 0.732. The van der Waals surface area contributed by atoms with Crippen LogP contribution in [-0.4, -0.2) is 54.6 Å². The fourth-order valence-electron chi connectivity index (χ4n) is 11.8. The molecule has 9 heteroatoms. The van der Waals surface area contributed by atoms with Crippen LogP contribution in [0.3, 0.4) is 0 Å². The number of esters is 4. The van der Waals surface area contributed by atoms with Crippen molar-refractivity contribution < 1.29 is 42.9 Å². The van der Waals surface area contributed by atoms with E-state index in [9.17, 15) is 24.0 Å². The first kappa shape index (κ1) is 32.7. The van der Waals surface area contributed by atoms with Crippen molar-refractivity contribution in [1.82, 2.24) is 0 Å². The Morgan fingerprint density at radius 3 is 1.94 bits per heavy atom. The molecule has 268 valence electrons. The van der Waals surface area contributed by atoms with Crippen LogP contribution in [0, 0.1) is 76.9 Å². The predicted octanol–water partition coefficient (Wildman–Crippen LogP) is 5.71. The van der Waals surface area contributed by atoms with E-state index in [0.717, 1.165) is 69.1 Å².